The summed E-state index contributed by atoms with van der Waals surface area (Å²) in [6.07, 6.45) is 10.1. The van der Waals surface area contributed by atoms with Gasteiger partial charge in [-0.05, 0) is 128 Å². The number of hydrogen-bond acceptors (Lipinski definition) is 4. The number of carbonyl (C=O) groups excluding carboxylic acids is 1. The third-order valence-corrected chi connectivity index (χ3v) is 20.8. The van der Waals surface area contributed by atoms with Crippen LogP contribution in [-0.2, 0) is 18.7 Å². The normalized spacial score (nSPS) is 51.5. The molecule has 0 aromatic heterocycles. The van der Waals surface area contributed by atoms with Crippen molar-refractivity contribution >= 4 is 14.3 Å². The van der Waals surface area contributed by atoms with Crippen molar-refractivity contribution in [1.82, 2.24) is 0 Å². The highest BCUT2D eigenvalue weighted by molar-refractivity contribution is 6.73. The van der Waals surface area contributed by atoms with Crippen LogP contribution in [-0.4, -0.2) is 39.2 Å². The minimum Gasteiger partial charge on any atom is -0.464 e. The smallest absolute Gasteiger partial charge is 0.335 e. The quantitative estimate of drug-likeness (QED) is 0.221. The van der Waals surface area contributed by atoms with Gasteiger partial charge < -0.3 is 13.9 Å². The summed E-state index contributed by atoms with van der Waals surface area (Å²) in [5.74, 6) is 3.08. The summed E-state index contributed by atoms with van der Waals surface area (Å²) >= 11 is 0. The Bertz CT molecular complexity index is 1030. The Morgan fingerprint density at radius 1 is 0.878 bits per heavy atom. The summed E-state index contributed by atoms with van der Waals surface area (Å²) in [7, 11) is -1.93. The molecule has 1 unspecified atom stereocenters. The Kier molecular flexibility index (Phi) is 7.32. The van der Waals surface area contributed by atoms with Crippen molar-refractivity contribution in [3.63, 3.8) is 0 Å². The number of carbonyl (C=O) groups is 1. The summed E-state index contributed by atoms with van der Waals surface area (Å²) in [6.45, 7) is 24.9. The molecule has 1 heterocycles. The largest absolute Gasteiger partial charge is 0.464 e. The fraction of sp³-hybridized carbons (Fsp3) is 0.972. The maximum atomic E-state index is 13.1. The number of hydrogen-bond donors (Lipinski definition) is 0. The van der Waals surface area contributed by atoms with Crippen LogP contribution in [0.15, 0.2) is 0 Å². The second kappa shape index (κ2) is 9.80. The highest BCUT2D eigenvalue weighted by Gasteiger charge is 2.84. The van der Waals surface area contributed by atoms with Gasteiger partial charge in [0.1, 0.15) is 0 Å². The zero-order valence-corrected chi connectivity index (χ0v) is 29.2. The molecule has 5 aliphatic carbocycles. The van der Waals surface area contributed by atoms with E-state index in [1.807, 2.05) is 6.92 Å². The Hall–Kier alpha value is -0.393. The van der Waals surface area contributed by atoms with Gasteiger partial charge in [-0.3, -0.25) is 0 Å². The SMILES string of the molecule is CCOC(=O)[C@H]1C[C@@H](C)[C@H]2[C@H](O1)[C@H](O[Si](CC)(CC)CC)[C@@]1(C)[C@@H]3CC[C@H]4C(C)(C)C(C)CC[C@@]45C[C@@]35CC[C@]21C. The molecule has 41 heavy (non-hydrogen) atoms. The Labute approximate surface area is 252 Å². The molecule has 0 aromatic rings. The molecule has 5 saturated carbocycles. The lowest BCUT2D eigenvalue weighted by atomic mass is 9.41. The van der Waals surface area contributed by atoms with Crippen LogP contribution < -0.4 is 0 Å². The van der Waals surface area contributed by atoms with Crippen LogP contribution in [0.1, 0.15) is 121 Å². The molecule has 0 radical (unpaired) electrons. The van der Waals surface area contributed by atoms with Crippen LogP contribution in [0.5, 0.6) is 0 Å². The first kappa shape index (κ1) is 30.6. The van der Waals surface area contributed by atoms with Gasteiger partial charge in [-0.1, -0.05) is 62.3 Å². The van der Waals surface area contributed by atoms with E-state index in [9.17, 15) is 4.79 Å². The first-order valence-corrected chi connectivity index (χ1v) is 20.3. The van der Waals surface area contributed by atoms with Gasteiger partial charge in [-0.15, -0.1) is 0 Å². The number of esters is 1. The second-order valence-corrected chi connectivity index (χ2v) is 21.7. The van der Waals surface area contributed by atoms with E-state index in [2.05, 4.69) is 62.3 Å². The van der Waals surface area contributed by atoms with E-state index in [1.54, 1.807) is 0 Å². The minimum absolute atomic E-state index is 0.00919. The molecule has 6 rings (SSSR count). The van der Waals surface area contributed by atoms with Crippen molar-refractivity contribution in [2.75, 3.05) is 6.61 Å². The number of fused-ring (bicyclic) bond motifs is 4. The number of rotatable bonds is 7. The van der Waals surface area contributed by atoms with E-state index in [1.165, 1.54) is 44.9 Å². The van der Waals surface area contributed by atoms with Gasteiger partial charge in [0.2, 0.25) is 0 Å². The maximum Gasteiger partial charge on any atom is 0.335 e. The highest BCUT2D eigenvalue weighted by atomic mass is 28.4. The van der Waals surface area contributed by atoms with Crippen molar-refractivity contribution in [2.45, 2.75) is 157 Å². The van der Waals surface area contributed by atoms with Crippen LogP contribution in [0.25, 0.3) is 0 Å². The van der Waals surface area contributed by atoms with Crippen molar-refractivity contribution in [1.29, 1.82) is 0 Å². The first-order valence-electron chi connectivity index (χ1n) is 17.8. The zero-order valence-electron chi connectivity index (χ0n) is 28.2. The fourth-order valence-electron chi connectivity index (χ4n) is 13.3. The summed E-state index contributed by atoms with van der Waals surface area (Å²) < 4.78 is 20.3. The van der Waals surface area contributed by atoms with E-state index in [4.69, 9.17) is 13.9 Å². The van der Waals surface area contributed by atoms with E-state index in [0.29, 0.717) is 40.6 Å². The van der Waals surface area contributed by atoms with E-state index in [-0.39, 0.29) is 29.0 Å². The van der Waals surface area contributed by atoms with Crippen LogP contribution in [0.4, 0.5) is 0 Å². The number of ether oxygens (including phenoxy) is 2. The molecule has 234 valence electrons. The van der Waals surface area contributed by atoms with Gasteiger partial charge in [-0.2, -0.15) is 0 Å². The van der Waals surface area contributed by atoms with Gasteiger partial charge in [0, 0.05) is 5.41 Å². The molecule has 0 N–H and O–H groups in total. The molecule has 2 spiro atoms. The monoisotopic (exact) mass is 586 g/mol. The van der Waals surface area contributed by atoms with E-state index in [0.717, 1.165) is 36.4 Å². The molecule has 6 fully saturated rings. The average Bonchev–Trinajstić information content (AvgIpc) is 3.57. The van der Waals surface area contributed by atoms with E-state index < -0.39 is 14.4 Å². The third kappa shape index (κ3) is 3.73. The van der Waals surface area contributed by atoms with Gasteiger partial charge in [0.05, 0.1) is 18.8 Å². The lowest BCUT2D eigenvalue weighted by Gasteiger charge is -2.64. The minimum atomic E-state index is -1.93. The van der Waals surface area contributed by atoms with Gasteiger partial charge >= 0.3 is 5.97 Å². The Morgan fingerprint density at radius 3 is 2.15 bits per heavy atom. The van der Waals surface area contributed by atoms with Gasteiger partial charge in [0.25, 0.3) is 0 Å². The molecule has 6 aliphatic rings. The summed E-state index contributed by atoms with van der Waals surface area (Å²) in [6, 6.07) is 3.47. The molecule has 0 bridgehead atoms. The zero-order chi connectivity index (χ0) is 29.8. The predicted octanol–water partition coefficient (Wildman–Crippen LogP) is 9.03. The van der Waals surface area contributed by atoms with Crippen molar-refractivity contribution in [2.24, 2.45) is 56.7 Å². The molecule has 1 saturated heterocycles. The molecular formula is C36H62O4Si. The standard InChI is InChI=1S/C36H62O4Si/c1-11-38-31(37)25-21-23(5)28-29(39-25)30(40-41(12-2,13-3)14-4)34(10)27-16-15-26-32(7,8)24(6)17-18-35(26)22-36(27,35)20-19-33(28,34)9/h23-30H,11-22H2,1-10H3/t23-,24?,25-,26+,27+,28+,29+,30+,33-,34-,35-,36+/m1/s1. The lowest BCUT2D eigenvalue weighted by molar-refractivity contribution is -0.182. The highest BCUT2D eigenvalue weighted by Crippen LogP contribution is 2.89. The van der Waals surface area contributed by atoms with Gasteiger partial charge in [-0.25, -0.2) is 4.79 Å². The molecule has 0 aromatic carbocycles. The molecule has 4 nitrogen and oxygen atoms in total. The molecule has 12 atom stereocenters. The van der Waals surface area contributed by atoms with Crippen LogP contribution in [0, 0.1) is 56.7 Å². The Balaban J connectivity index is 1.45. The molecule has 0 amide bonds. The van der Waals surface area contributed by atoms with Gasteiger partial charge in [0.15, 0.2) is 14.4 Å². The van der Waals surface area contributed by atoms with Crippen molar-refractivity contribution in [3.05, 3.63) is 0 Å². The topological polar surface area (TPSA) is 44.8 Å². The summed E-state index contributed by atoms with van der Waals surface area (Å²) in [5.41, 5.74) is 1.70. The van der Waals surface area contributed by atoms with Crippen LogP contribution in [0.2, 0.25) is 18.1 Å². The first-order chi connectivity index (χ1) is 19.3. The maximum absolute atomic E-state index is 13.1. The predicted molar refractivity (Wildman–Crippen MR) is 168 cm³/mol. The molecule has 5 heteroatoms. The molecular weight excluding hydrogens is 524 g/mol. The lowest BCUT2D eigenvalue weighted by Crippen LogP contribution is -2.60. The molecule has 1 aliphatic heterocycles. The van der Waals surface area contributed by atoms with Crippen LogP contribution in [0.3, 0.4) is 0 Å². The van der Waals surface area contributed by atoms with E-state index >= 15 is 0 Å². The fourth-order valence-corrected chi connectivity index (χ4v) is 16.2. The Morgan fingerprint density at radius 2 is 1.51 bits per heavy atom. The summed E-state index contributed by atoms with van der Waals surface area (Å²) in [4.78, 5) is 13.1. The van der Waals surface area contributed by atoms with Crippen molar-refractivity contribution < 1.29 is 18.7 Å². The van der Waals surface area contributed by atoms with Crippen LogP contribution >= 0.6 is 0 Å². The summed E-state index contributed by atoms with van der Waals surface area (Å²) in [5, 5.41) is 0. The average molecular weight is 587 g/mol. The third-order valence-electron chi connectivity index (χ3n) is 16.2. The van der Waals surface area contributed by atoms with Crippen molar-refractivity contribution in [3.8, 4) is 0 Å². The second-order valence-electron chi connectivity index (χ2n) is 17.0.